The number of nitrogens with one attached hydrogen (secondary N) is 1. The predicted octanol–water partition coefficient (Wildman–Crippen LogP) is 5.91. The second-order valence-corrected chi connectivity index (χ2v) is 6.88. The lowest BCUT2D eigenvalue weighted by molar-refractivity contribution is -0.137. The van der Waals surface area contributed by atoms with E-state index in [2.05, 4.69) is 26.1 Å². The Morgan fingerprint density at radius 1 is 1.00 bits per heavy atom. The van der Waals surface area contributed by atoms with Crippen LogP contribution in [0.15, 0.2) is 42.5 Å². The monoisotopic (exact) mass is 355 g/mol. The lowest BCUT2D eigenvalue weighted by Crippen LogP contribution is -2.15. The lowest BCUT2D eigenvalue weighted by Gasteiger charge is -2.19. The summed E-state index contributed by atoms with van der Waals surface area (Å²) in [4.78, 5) is 12.2. The van der Waals surface area contributed by atoms with E-state index < -0.39 is 22.7 Å². The Morgan fingerprint density at radius 2 is 1.58 bits per heavy atom. The van der Waals surface area contributed by atoms with Gasteiger partial charge in [0.1, 0.15) is 0 Å². The van der Waals surface area contributed by atoms with Gasteiger partial charge < -0.3 is 5.32 Å². The van der Waals surface area contributed by atoms with Crippen molar-refractivity contribution >= 4 is 23.2 Å². The summed E-state index contributed by atoms with van der Waals surface area (Å²) in [6.45, 7) is 6.15. The number of carbonyl (C=O) groups excluding carboxylic acids is 1. The molecule has 0 bridgehead atoms. The van der Waals surface area contributed by atoms with Gasteiger partial charge in [-0.2, -0.15) is 13.2 Å². The second-order valence-electron chi connectivity index (χ2n) is 6.47. The fourth-order valence-electron chi connectivity index (χ4n) is 2.15. The van der Waals surface area contributed by atoms with Crippen molar-refractivity contribution in [3.05, 3.63) is 64.2 Å². The van der Waals surface area contributed by atoms with Gasteiger partial charge in [-0.1, -0.05) is 44.5 Å². The maximum absolute atomic E-state index is 12.8. The van der Waals surface area contributed by atoms with Crippen LogP contribution in [0.25, 0.3) is 0 Å². The summed E-state index contributed by atoms with van der Waals surface area (Å²) in [7, 11) is 0. The average Bonchev–Trinajstić information content (AvgIpc) is 2.47. The molecule has 0 aliphatic carbocycles. The Morgan fingerprint density at radius 3 is 2.08 bits per heavy atom. The molecule has 0 aliphatic heterocycles. The second kappa shape index (κ2) is 6.48. The molecule has 0 spiro atoms. The van der Waals surface area contributed by atoms with Crippen molar-refractivity contribution < 1.29 is 18.0 Å². The lowest BCUT2D eigenvalue weighted by atomic mass is 9.87. The molecule has 2 rings (SSSR count). The fraction of sp³-hybridized carbons (Fsp3) is 0.278. The fourth-order valence-corrected chi connectivity index (χ4v) is 2.37. The molecule has 0 heterocycles. The highest BCUT2D eigenvalue weighted by atomic mass is 35.5. The zero-order valence-electron chi connectivity index (χ0n) is 13.5. The molecule has 0 aromatic heterocycles. The van der Waals surface area contributed by atoms with Crippen LogP contribution in [0.2, 0.25) is 5.02 Å². The summed E-state index contributed by atoms with van der Waals surface area (Å²) in [5, 5.41) is 2.05. The number of hydrogen-bond acceptors (Lipinski definition) is 1. The van der Waals surface area contributed by atoms with Crippen molar-refractivity contribution in [1.82, 2.24) is 0 Å². The number of hydrogen-bond donors (Lipinski definition) is 1. The molecule has 24 heavy (non-hydrogen) atoms. The van der Waals surface area contributed by atoms with Crippen LogP contribution in [0.3, 0.4) is 0 Å². The van der Waals surface area contributed by atoms with Crippen molar-refractivity contribution in [2.24, 2.45) is 0 Å². The molecule has 0 fully saturated rings. The van der Waals surface area contributed by atoms with Gasteiger partial charge in [0, 0.05) is 11.3 Å². The van der Waals surface area contributed by atoms with E-state index in [1.54, 1.807) is 12.1 Å². The number of rotatable bonds is 2. The summed E-state index contributed by atoms with van der Waals surface area (Å²) >= 11 is 5.56. The number of halogens is 4. The Kier molecular flexibility index (Phi) is 4.95. The molecule has 0 atom stereocenters. The zero-order chi connectivity index (χ0) is 18.1. The molecule has 6 heteroatoms. The SMILES string of the molecule is CC(C)(C)c1ccc(C(=O)Nc2ccc(Cl)c(C(F)(F)F)c2)cc1. The van der Waals surface area contributed by atoms with Crippen LogP contribution in [0, 0.1) is 0 Å². The quantitative estimate of drug-likeness (QED) is 0.713. The molecular weight excluding hydrogens is 339 g/mol. The third-order valence-corrected chi connectivity index (χ3v) is 3.87. The maximum Gasteiger partial charge on any atom is 0.417 e. The largest absolute Gasteiger partial charge is 0.417 e. The van der Waals surface area contributed by atoms with E-state index in [4.69, 9.17) is 11.6 Å². The highest BCUT2D eigenvalue weighted by Crippen LogP contribution is 2.36. The molecular formula is C18H17ClF3NO. The number of amides is 1. The van der Waals surface area contributed by atoms with Gasteiger partial charge in [0.25, 0.3) is 5.91 Å². The first-order valence-electron chi connectivity index (χ1n) is 7.27. The summed E-state index contributed by atoms with van der Waals surface area (Å²) in [6.07, 6.45) is -4.58. The summed E-state index contributed by atoms with van der Waals surface area (Å²) in [5.74, 6) is -0.481. The topological polar surface area (TPSA) is 29.1 Å². The van der Waals surface area contributed by atoms with Gasteiger partial charge in [-0.25, -0.2) is 0 Å². The van der Waals surface area contributed by atoms with E-state index in [0.717, 1.165) is 17.7 Å². The number of alkyl halides is 3. The van der Waals surface area contributed by atoms with Crippen molar-refractivity contribution in [2.45, 2.75) is 32.4 Å². The molecule has 128 valence electrons. The Bertz CT molecular complexity index is 746. The highest BCUT2D eigenvalue weighted by molar-refractivity contribution is 6.31. The molecule has 2 aromatic rings. The van der Waals surface area contributed by atoms with Gasteiger partial charge in [-0.15, -0.1) is 0 Å². The van der Waals surface area contributed by atoms with Crippen molar-refractivity contribution in [3.8, 4) is 0 Å². The Hall–Kier alpha value is -2.01. The van der Waals surface area contributed by atoms with Crippen LogP contribution < -0.4 is 5.32 Å². The highest BCUT2D eigenvalue weighted by Gasteiger charge is 2.33. The third kappa shape index (κ3) is 4.29. The van der Waals surface area contributed by atoms with Crippen LogP contribution >= 0.6 is 11.6 Å². The summed E-state index contributed by atoms with van der Waals surface area (Å²) in [6, 6.07) is 10.2. The van der Waals surface area contributed by atoms with E-state index in [-0.39, 0.29) is 11.1 Å². The Labute approximate surface area is 143 Å². The minimum Gasteiger partial charge on any atom is -0.322 e. The van der Waals surface area contributed by atoms with E-state index >= 15 is 0 Å². The number of benzene rings is 2. The molecule has 2 nitrogen and oxygen atoms in total. The molecule has 0 aliphatic rings. The van der Waals surface area contributed by atoms with E-state index in [0.29, 0.717) is 5.56 Å². The van der Waals surface area contributed by atoms with Gasteiger partial charge in [0.05, 0.1) is 10.6 Å². The minimum atomic E-state index is -4.58. The molecule has 1 N–H and O–H groups in total. The molecule has 0 radical (unpaired) electrons. The van der Waals surface area contributed by atoms with Crippen LogP contribution in [-0.4, -0.2) is 5.91 Å². The van der Waals surface area contributed by atoms with Gasteiger partial charge in [-0.3, -0.25) is 4.79 Å². The van der Waals surface area contributed by atoms with Crippen LogP contribution in [-0.2, 0) is 11.6 Å². The van der Waals surface area contributed by atoms with E-state index in [1.165, 1.54) is 6.07 Å². The van der Waals surface area contributed by atoms with E-state index in [9.17, 15) is 18.0 Å². The smallest absolute Gasteiger partial charge is 0.322 e. The van der Waals surface area contributed by atoms with Crippen LogP contribution in [0.1, 0.15) is 42.3 Å². The molecule has 0 saturated heterocycles. The van der Waals surface area contributed by atoms with E-state index in [1.807, 2.05) is 12.1 Å². The average molecular weight is 356 g/mol. The first-order chi connectivity index (χ1) is 11.0. The van der Waals surface area contributed by atoms with Crippen molar-refractivity contribution in [1.29, 1.82) is 0 Å². The summed E-state index contributed by atoms with van der Waals surface area (Å²) in [5.41, 5.74) is 0.436. The first-order valence-corrected chi connectivity index (χ1v) is 7.65. The van der Waals surface area contributed by atoms with Gasteiger partial charge in [0.15, 0.2) is 0 Å². The molecule has 0 saturated carbocycles. The normalized spacial score (nSPS) is 12.1. The van der Waals surface area contributed by atoms with Crippen molar-refractivity contribution in [3.63, 3.8) is 0 Å². The number of carbonyl (C=O) groups is 1. The molecule has 1 amide bonds. The third-order valence-electron chi connectivity index (χ3n) is 3.54. The standard InChI is InChI=1S/C18H17ClF3NO/c1-17(2,3)12-6-4-11(5-7-12)16(24)23-13-8-9-15(19)14(10-13)18(20,21)22/h4-10H,1-3H3,(H,23,24). The summed E-state index contributed by atoms with van der Waals surface area (Å²) < 4.78 is 38.5. The first kappa shape index (κ1) is 18.3. The van der Waals surface area contributed by atoms with Gasteiger partial charge >= 0.3 is 6.18 Å². The van der Waals surface area contributed by atoms with Gasteiger partial charge in [0.2, 0.25) is 0 Å². The molecule has 0 unspecified atom stereocenters. The van der Waals surface area contributed by atoms with Crippen molar-refractivity contribution in [2.75, 3.05) is 5.32 Å². The minimum absolute atomic E-state index is 0.0385. The van der Waals surface area contributed by atoms with Crippen LogP contribution in [0.4, 0.5) is 18.9 Å². The predicted molar refractivity (Wildman–Crippen MR) is 89.5 cm³/mol. The van der Waals surface area contributed by atoms with Crippen LogP contribution in [0.5, 0.6) is 0 Å². The maximum atomic E-state index is 12.8. The number of anilines is 1. The zero-order valence-corrected chi connectivity index (χ0v) is 14.2. The molecule has 2 aromatic carbocycles. The Balaban J connectivity index is 2.21. The van der Waals surface area contributed by atoms with Gasteiger partial charge in [-0.05, 0) is 41.3 Å².